The molecule has 0 spiro atoms. The summed E-state index contributed by atoms with van der Waals surface area (Å²) >= 11 is 0. The summed E-state index contributed by atoms with van der Waals surface area (Å²) < 4.78 is 34.5. The second kappa shape index (κ2) is 15.1. The van der Waals surface area contributed by atoms with Crippen LogP contribution >= 0.6 is 0 Å². The average molecular weight is 639 g/mol. The second-order valence-electron chi connectivity index (χ2n) is 10.5. The van der Waals surface area contributed by atoms with Crippen LogP contribution in [0.3, 0.4) is 0 Å². The Morgan fingerprint density at radius 1 is 0.574 bits per heavy atom. The first-order valence-electron chi connectivity index (χ1n) is 14.8. The third kappa shape index (κ3) is 7.99. The Hall–Kier alpha value is -5.58. The van der Waals surface area contributed by atoms with Crippen molar-refractivity contribution in [1.29, 1.82) is 0 Å². The van der Waals surface area contributed by atoms with Crippen molar-refractivity contribution in [2.24, 2.45) is 0 Å². The van der Waals surface area contributed by atoms with Gasteiger partial charge < -0.3 is 38.6 Å². The fraction of sp³-hybridized carbons (Fsp3) is 0.189. The van der Waals surface area contributed by atoms with Crippen LogP contribution in [0.1, 0.15) is 11.1 Å². The van der Waals surface area contributed by atoms with Gasteiger partial charge in [0.15, 0.2) is 0 Å². The topological polar surface area (TPSA) is 130 Å². The molecular formula is C37H34O10. The highest BCUT2D eigenvalue weighted by molar-refractivity contribution is 5.81. The van der Waals surface area contributed by atoms with Crippen LogP contribution < -0.4 is 18.9 Å². The normalized spacial score (nSPS) is 13.6. The number of aliphatic hydroxyl groups excluding tert-OH is 2. The minimum atomic E-state index is -1.35. The number of carbonyl (C=O) groups is 2. The van der Waals surface area contributed by atoms with Gasteiger partial charge in [0.2, 0.25) is 0 Å². The number of hydrogen-bond acceptors (Lipinski definition) is 10. The number of fused-ring (bicyclic) bond motifs is 3. The van der Waals surface area contributed by atoms with Crippen molar-refractivity contribution in [1.82, 2.24) is 0 Å². The first-order valence-corrected chi connectivity index (χ1v) is 14.8. The number of carbonyl (C=O) groups excluding carboxylic acids is 2. The van der Waals surface area contributed by atoms with Crippen LogP contribution in [0.25, 0.3) is 11.1 Å². The van der Waals surface area contributed by atoms with Crippen molar-refractivity contribution in [3.8, 4) is 34.1 Å². The van der Waals surface area contributed by atoms with Crippen molar-refractivity contribution in [2.75, 3.05) is 26.4 Å². The Bertz CT molecular complexity index is 1570. The van der Waals surface area contributed by atoms with Gasteiger partial charge in [-0.1, -0.05) is 61.7 Å². The third-order valence-corrected chi connectivity index (χ3v) is 7.08. The minimum absolute atomic E-state index is 0.0835. The van der Waals surface area contributed by atoms with Crippen molar-refractivity contribution in [3.05, 3.63) is 133 Å². The van der Waals surface area contributed by atoms with Gasteiger partial charge in [0.05, 0.1) is 0 Å². The van der Waals surface area contributed by atoms with Gasteiger partial charge in [-0.2, -0.15) is 0 Å². The third-order valence-electron chi connectivity index (χ3n) is 7.08. The van der Waals surface area contributed by atoms with E-state index >= 15 is 0 Å². The number of hydrogen-bond donors (Lipinski definition) is 2. The van der Waals surface area contributed by atoms with E-state index in [-0.39, 0.29) is 26.4 Å². The standard InChI is InChI=1S/C37H34O10/c1-3-35(40)44-23-25(38)21-42-27-13-17-29(18-14-27)46-37(33-11-7-5-9-31(33)32-10-6-8-12-34(32)37)47-30-19-15-28(16-20-30)43-22-26(39)24-45-36(41)4-2/h3-20,25-26,38-39H,1-2,21-24H2. The summed E-state index contributed by atoms with van der Waals surface area (Å²) in [5.41, 5.74) is 3.58. The molecule has 0 radical (unpaired) electrons. The Labute approximate surface area is 272 Å². The van der Waals surface area contributed by atoms with Crippen LogP contribution in [0.2, 0.25) is 0 Å². The van der Waals surface area contributed by atoms with Crippen LogP contribution in [0.4, 0.5) is 0 Å². The van der Waals surface area contributed by atoms with Crippen LogP contribution in [0.15, 0.2) is 122 Å². The lowest BCUT2D eigenvalue weighted by Gasteiger charge is -2.33. The molecule has 0 aromatic heterocycles. The summed E-state index contributed by atoms with van der Waals surface area (Å²) in [5.74, 6) is -0.649. The summed E-state index contributed by atoms with van der Waals surface area (Å²) in [6, 6.07) is 29.5. The summed E-state index contributed by atoms with van der Waals surface area (Å²) in [6.45, 7) is 6.05. The van der Waals surface area contributed by atoms with E-state index in [4.69, 9.17) is 28.4 Å². The van der Waals surface area contributed by atoms with Gasteiger partial charge in [0.1, 0.15) is 61.6 Å². The van der Waals surface area contributed by atoms with Crippen molar-refractivity contribution >= 4 is 11.9 Å². The molecule has 1 aliphatic rings. The Kier molecular flexibility index (Phi) is 10.6. The summed E-state index contributed by atoms with van der Waals surface area (Å²) in [5, 5.41) is 20.1. The van der Waals surface area contributed by atoms with Gasteiger partial charge in [-0.15, -0.1) is 0 Å². The van der Waals surface area contributed by atoms with Crippen molar-refractivity contribution in [2.45, 2.75) is 18.0 Å². The molecule has 4 aromatic rings. The highest BCUT2D eigenvalue weighted by Crippen LogP contribution is 2.50. The molecule has 47 heavy (non-hydrogen) atoms. The zero-order valence-corrected chi connectivity index (χ0v) is 25.5. The summed E-state index contributed by atoms with van der Waals surface area (Å²) in [4.78, 5) is 22.5. The molecule has 4 aromatic carbocycles. The first-order chi connectivity index (χ1) is 22.8. The number of benzene rings is 4. The molecule has 0 bridgehead atoms. The molecule has 0 saturated carbocycles. The molecule has 2 N–H and O–H groups in total. The number of rotatable bonds is 16. The molecule has 0 fully saturated rings. The monoisotopic (exact) mass is 638 g/mol. The van der Waals surface area contributed by atoms with E-state index in [1.165, 1.54) is 0 Å². The summed E-state index contributed by atoms with van der Waals surface area (Å²) in [6.07, 6.45) is 0.0238. The van der Waals surface area contributed by atoms with Gasteiger partial charge in [0.25, 0.3) is 0 Å². The SMILES string of the molecule is C=CC(=O)OCC(O)COc1ccc(OC2(Oc3ccc(OCC(O)COC(=O)C=C)cc3)c3ccccc3-c3ccccc32)cc1. The quantitative estimate of drug-likeness (QED) is 0.0987. The van der Waals surface area contributed by atoms with Gasteiger partial charge >= 0.3 is 17.7 Å². The molecule has 2 unspecified atom stereocenters. The fourth-order valence-corrected chi connectivity index (χ4v) is 4.89. The van der Waals surface area contributed by atoms with E-state index in [1.54, 1.807) is 48.5 Å². The largest absolute Gasteiger partial charge is 0.491 e. The molecule has 0 saturated heterocycles. The van der Waals surface area contributed by atoms with E-state index in [0.29, 0.717) is 23.0 Å². The van der Waals surface area contributed by atoms with Crippen molar-refractivity contribution in [3.63, 3.8) is 0 Å². The van der Waals surface area contributed by atoms with Gasteiger partial charge in [0, 0.05) is 23.3 Å². The Morgan fingerprint density at radius 3 is 1.32 bits per heavy atom. The Balaban J connectivity index is 1.34. The van der Waals surface area contributed by atoms with E-state index in [9.17, 15) is 19.8 Å². The van der Waals surface area contributed by atoms with Gasteiger partial charge in [-0.3, -0.25) is 0 Å². The zero-order chi connectivity index (χ0) is 33.2. The van der Waals surface area contributed by atoms with Crippen LogP contribution in [-0.4, -0.2) is 60.8 Å². The maximum Gasteiger partial charge on any atom is 0.330 e. The second-order valence-corrected chi connectivity index (χ2v) is 10.5. The molecule has 242 valence electrons. The van der Waals surface area contributed by atoms with Crippen molar-refractivity contribution < 1.29 is 48.2 Å². The van der Waals surface area contributed by atoms with E-state index in [1.807, 2.05) is 48.5 Å². The minimum Gasteiger partial charge on any atom is -0.491 e. The van der Waals surface area contributed by atoms with Gasteiger partial charge in [-0.05, 0) is 59.7 Å². The van der Waals surface area contributed by atoms with Crippen LogP contribution in [0, 0.1) is 0 Å². The smallest absolute Gasteiger partial charge is 0.330 e. The molecule has 0 heterocycles. The van der Waals surface area contributed by atoms with Crippen LogP contribution in [-0.2, 0) is 24.8 Å². The lowest BCUT2D eigenvalue weighted by atomic mass is 10.0. The first kappa shape index (κ1) is 32.8. The van der Waals surface area contributed by atoms with E-state index in [2.05, 4.69) is 13.2 Å². The molecule has 0 aliphatic heterocycles. The average Bonchev–Trinajstić information content (AvgIpc) is 3.37. The highest BCUT2D eigenvalue weighted by Gasteiger charge is 2.48. The van der Waals surface area contributed by atoms with E-state index < -0.39 is 29.9 Å². The molecule has 2 atom stereocenters. The van der Waals surface area contributed by atoms with E-state index in [0.717, 1.165) is 34.4 Å². The molecule has 10 heteroatoms. The number of ether oxygens (including phenoxy) is 6. The predicted octanol–water partition coefficient (Wildman–Crippen LogP) is 4.96. The number of esters is 2. The van der Waals surface area contributed by atoms with Crippen LogP contribution in [0.5, 0.6) is 23.0 Å². The lowest BCUT2D eigenvalue weighted by Crippen LogP contribution is -2.39. The molecular weight excluding hydrogens is 604 g/mol. The maximum absolute atomic E-state index is 11.2. The summed E-state index contributed by atoms with van der Waals surface area (Å²) in [7, 11) is 0. The molecule has 10 nitrogen and oxygen atoms in total. The lowest BCUT2D eigenvalue weighted by molar-refractivity contribution is -0.142. The molecule has 0 amide bonds. The predicted molar refractivity (Wildman–Crippen MR) is 172 cm³/mol. The number of aliphatic hydroxyl groups is 2. The maximum atomic E-state index is 11.2. The highest BCUT2D eigenvalue weighted by atomic mass is 16.7. The zero-order valence-electron chi connectivity index (χ0n) is 25.5. The van der Waals surface area contributed by atoms with Gasteiger partial charge in [-0.25, -0.2) is 9.59 Å². The Morgan fingerprint density at radius 2 is 0.936 bits per heavy atom. The fourth-order valence-electron chi connectivity index (χ4n) is 4.89. The molecule has 5 rings (SSSR count). The molecule has 1 aliphatic carbocycles.